The zero-order valence-corrected chi connectivity index (χ0v) is 12.2. The Labute approximate surface area is 103 Å². The van der Waals surface area contributed by atoms with E-state index in [-0.39, 0.29) is 0 Å². The molecule has 2 nitrogen and oxygen atoms in total. The number of rotatable bonds is 9. The lowest BCUT2D eigenvalue weighted by Crippen LogP contribution is -2.45. The molecule has 2 heteroatoms. The largest absolute Gasteiger partial charge is 0.315 e. The van der Waals surface area contributed by atoms with E-state index in [1.54, 1.807) is 0 Å². The molecular weight excluding hydrogens is 196 g/mol. The van der Waals surface area contributed by atoms with Gasteiger partial charge in [0.05, 0.1) is 0 Å². The van der Waals surface area contributed by atoms with Gasteiger partial charge in [0.15, 0.2) is 0 Å². The standard InChI is InChI=1S/C14H32N2/c1-7-13(5)16(8-2)14(6)11-15-10-9-12(3)4/h12-15H,7-11H2,1-6H3. The minimum Gasteiger partial charge on any atom is -0.315 e. The van der Waals surface area contributed by atoms with E-state index in [4.69, 9.17) is 0 Å². The van der Waals surface area contributed by atoms with Gasteiger partial charge in [0.2, 0.25) is 0 Å². The molecule has 0 heterocycles. The maximum absolute atomic E-state index is 3.57. The van der Waals surface area contributed by atoms with Crippen LogP contribution in [-0.4, -0.2) is 36.6 Å². The monoisotopic (exact) mass is 228 g/mol. The van der Waals surface area contributed by atoms with Crippen molar-refractivity contribution >= 4 is 0 Å². The van der Waals surface area contributed by atoms with Crippen LogP contribution in [0, 0.1) is 5.92 Å². The molecule has 0 radical (unpaired) electrons. The van der Waals surface area contributed by atoms with Crippen LogP contribution in [0.4, 0.5) is 0 Å². The van der Waals surface area contributed by atoms with Crippen molar-refractivity contribution in [2.75, 3.05) is 19.6 Å². The van der Waals surface area contributed by atoms with Crippen LogP contribution >= 0.6 is 0 Å². The molecule has 2 unspecified atom stereocenters. The molecule has 0 spiro atoms. The van der Waals surface area contributed by atoms with Gasteiger partial charge < -0.3 is 5.32 Å². The van der Waals surface area contributed by atoms with Crippen molar-refractivity contribution in [3.63, 3.8) is 0 Å². The molecule has 0 rings (SSSR count). The third-order valence-electron chi connectivity index (χ3n) is 3.43. The van der Waals surface area contributed by atoms with Gasteiger partial charge in [0.1, 0.15) is 0 Å². The Morgan fingerprint density at radius 1 is 1.00 bits per heavy atom. The Kier molecular flexibility index (Phi) is 8.96. The summed E-state index contributed by atoms with van der Waals surface area (Å²) in [5.74, 6) is 0.805. The Balaban J connectivity index is 3.79. The van der Waals surface area contributed by atoms with Gasteiger partial charge in [0.25, 0.3) is 0 Å². The van der Waals surface area contributed by atoms with Crippen LogP contribution in [0.3, 0.4) is 0 Å². The number of nitrogens with zero attached hydrogens (tertiary/aromatic N) is 1. The molecule has 98 valence electrons. The van der Waals surface area contributed by atoms with Crippen molar-refractivity contribution < 1.29 is 0 Å². The van der Waals surface area contributed by atoms with Crippen LogP contribution in [0.25, 0.3) is 0 Å². The molecule has 0 aromatic carbocycles. The molecule has 0 aliphatic heterocycles. The van der Waals surface area contributed by atoms with Crippen LogP contribution in [-0.2, 0) is 0 Å². The molecule has 0 aliphatic carbocycles. The fourth-order valence-electron chi connectivity index (χ4n) is 2.11. The molecule has 0 saturated carbocycles. The van der Waals surface area contributed by atoms with Gasteiger partial charge in [-0.15, -0.1) is 0 Å². The van der Waals surface area contributed by atoms with E-state index in [2.05, 4.69) is 51.8 Å². The van der Waals surface area contributed by atoms with Crippen molar-refractivity contribution in [2.45, 2.75) is 66.5 Å². The highest BCUT2D eigenvalue weighted by molar-refractivity contribution is 4.73. The van der Waals surface area contributed by atoms with Crippen LogP contribution in [0.2, 0.25) is 0 Å². The van der Waals surface area contributed by atoms with E-state index in [1.807, 2.05) is 0 Å². The minimum atomic E-state index is 0.645. The first-order chi connectivity index (χ1) is 7.52. The summed E-state index contributed by atoms with van der Waals surface area (Å²) in [6.07, 6.45) is 2.52. The summed E-state index contributed by atoms with van der Waals surface area (Å²) in [6.45, 7) is 17.2. The molecule has 16 heavy (non-hydrogen) atoms. The van der Waals surface area contributed by atoms with Crippen molar-refractivity contribution in [3.8, 4) is 0 Å². The van der Waals surface area contributed by atoms with E-state index >= 15 is 0 Å². The molecule has 0 fully saturated rings. The Morgan fingerprint density at radius 3 is 2.06 bits per heavy atom. The van der Waals surface area contributed by atoms with Gasteiger partial charge >= 0.3 is 0 Å². The third-order valence-corrected chi connectivity index (χ3v) is 3.43. The fraction of sp³-hybridized carbons (Fsp3) is 1.00. The van der Waals surface area contributed by atoms with E-state index in [0.29, 0.717) is 12.1 Å². The topological polar surface area (TPSA) is 15.3 Å². The van der Waals surface area contributed by atoms with Crippen LogP contribution < -0.4 is 5.32 Å². The zero-order chi connectivity index (χ0) is 12.6. The highest BCUT2D eigenvalue weighted by Gasteiger charge is 2.16. The lowest BCUT2D eigenvalue weighted by molar-refractivity contribution is 0.155. The number of nitrogens with one attached hydrogen (secondary N) is 1. The summed E-state index contributed by atoms with van der Waals surface area (Å²) in [5, 5.41) is 3.57. The van der Waals surface area contributed by atoms with Crippen molar-refractivity contribution in [1.29, 1.82) is 0 Å². The van der Waals surface area contributed by atoms with Crippen LogP contribution in [0.5, 0.6) is 0 Å². The molecule has 0 aliphatic rings. The smallest absolute Gasteiger partial charge is 0.0195 e. The molecule has 0 aromatic rings. The number of hydrogen-bond donors (Lipinski definition) is 1. The summed E-state index contributed by atoms with van der Waals surface area (Å²) < 4.78 is 0. The predicted molar refractivity (Wildman–Crippen MR) is 73.9 cm³/mol. The highest BCUT2D eigenvalue weighted by atomic mass is 15.2. The fourth-order valence-corrected chi connectivity index (χ4v) is 2.11. The molecule has 2 atom stereocenters. The van der Waals surface area contributed by atoms with Crippen molar-refractivity contribution in [3.05, 3.63) is 0 Å². The van der Waals surface area contributed by atoms with Gasteiger partial charge in [-0.3, -0.25) is 4.90 Å². The van der Waals surface area contributed by atoms with E-state index in [1.165, 1.54) is 12.8 Å². The minimum absolute atomic E-state index is 0.645. The SMILES string of the molecule is CCC(C)N(CC)C(C)CNCCC(C)C. The van der Waals surface area contributed by atoms with Crippen LogP contribution in [0.1, 0.15) is 54.4 Å². The summed E-state index contributed by atoms with van der Waals surface area (Å²) in [6, 6.07) is 1.35. The number of likely N-dealkylation sites (N-methyl/N-ethyl adjacent to an activating group) is 1. The molecule has 0 bridgehead atoms. The first kappa shape index (κ1) is 15.9. The lowest BCUT2D eigenvalue weighted by atomic mass is 10.1. The first-order valence-corrected chi connectivity index (χ1v) is 6.99. The van der Waals surface area contributed by atoms with Crippen molar-refractivity contribution in [1.82, 2.24) is 10.2 Å². The molecule has 0 aromatic heterocycles. The average molecular weight is 228 g/mol. The van der Waals surface area contributed by atoms with Gasteiger partial charge in [-0.2, -0.15) is 0 Å². The zero-order valence-electron chi connectivity index (χ0n) is 12.2. The van der Waals surface area contributed by atoms with Gasteiger partial charge in [-0.25, -0.2) is 0 Å². The summed E-state index contributed by atoms with van der Waals surface area (Å²) >= 11 is 0. The Morgan fingerprint density at radius 2 is 1.62 bits per heavy atom. The van der Waals surface area contributed by atoms with E-state index in [9.17, 15) is 0 Å². The van der Waals surface area contributed by atoms with Crippen molar-refractivity contribution in [2.24, 2.45) is 5.92 Å². The summed E-state index contributed by atoms with van der Waals surface area (Å²) in [4.78, 5) is 2.59. The van der Waals surface area contributed by atoms with Gasteiger partial charge in [-0.1, -0.05) is 27.7 Å². The van der Waals surface area contributed by atoms with E-state index < -0.39 is 0 Å². The molecule has 0 saturated heterocycles. The first-order valence-electron chi connectivity index (χ1n) is 6.99. The van der Waals surface area contributed by atoms with E-state index in [0.717, 1.165) is 25.6 Å². The highest BCUT2D eigenvalue weighted by Crippen LogP contribution is 2.07. The second-order valence-electron chi connectivity index (χ2n) is 5.32. The molecule has 0 amide bonds. The van der Waals surface area contributed by atoms with Gasteiger partial charge in [0, 0.05) is 18.6 Å². The van der Waals surface area contributed by atoms with Crippen LogP contribution in [0.15, 0.2) is 0 Å². The normalized spacial score (nSPS) is 15.8. The molecule has 1 N–H and O–H groups in total. The third kappa shape index (κ3) is 6.49. The predicted octanol–water partition coefficient (Wildman–Crippen LogP) is 3.13. The lowest BCUT2D eigenvalue weighted by Gasteiger charge is -2.33. The number of hydrogen-bond acceptors (Lipinski definition) is 2. The maximum atomic E-state index is 3.57. The second-order valence-corrected chi connectivity index (χ2v) is 5.32. The quantitative estimate of drug-likeness (QED) is 0.610. The maximum Gasteiger partial charge on any atom is 0.0195 e. The Hall–Kier alpha value is -0.0800. The summed E-state index contributed by atoms with van der Waals surface area (Å²) in [5.41, 5.74) is 0. The molecular formula is C14H32N2. The second kappa shape index (κ2) is 9.00. The average Bonchev–Trinajstić information content (AvgIpc) is 2.24. The summed E-state index contributed by atoms with van der Waals surface area (Å²) in [7, 11) is 0. The van der Waals surface area contributed by atoms with Gasteiger partial charge in [-0.05, 0) is 45.7 Å². The Bertz CT molecular complexity index is 157.